The van der Waals surface area contributed by atoms with Gasteiger partial charge in [0.1, 0.15) is 5.82 Å². The van der Waals surface area contributed by atoms with Crippen LogP contribution >= 0.6 is 11.6 Å². The van der Waals surface area contributed by atoms with Crippen molar-refractivity contribution in [3.63, 3.8) is 0 Å². The van der Waals surface area contributed by atoms with Gasteiger partial charge in [0.05, 0.1) is 28.8 Å². The summed E-state index contributed by atoms with van der Waals surface area (Å²) in [5.74, 6) is 6.65. The Balaban J connectivity index is 1.15. The van der Waals surface area contributed by atoms with Crippen LogP contribution < -0.4 is 14.8 Å². The molecule has 0 radical (unpaired) electrons. The van der Waals surface area contributed by atoms with Gasteiger partial charge in [0.25, 0.3) is 16.1 Å². The number of likely N-dealkylation sites (tertiary alicyclic amines) is 1. The molecule has 11 nitrogen and oxygen atoms in total. The molecule has 2 aromatic heterocycles. The van der Waals surface area contributed by atoms with Crippen molar-refractivity contribution in [1.82, 2.24) is 29.5 Å². The lowest BCUT2D eigenvalue weighted by molar-refractivity contribution is 0.0491. The number of aromatic amines is 1. The molecule has 0 saturated carbocycles. The number of pyridine rings is 1. The number of carbonyl (C=O) groups excluding carboxylic acids is 1. The normalized spacial score (nSPS) is 18.6. The van der Waals surface area contributed by atoms with Crippen LogP contribution in [0.1, 0.15) is 56.0 Å². The maximum Gasteiger partial charge on any atom is 0.275 e. The van der Waals surface area contributed by atoms with Gasteiger partial charge in [-0.3, -0.25) is 9.69 Å². The highest BCUT2D eigenvalue weighted by molar-refractivity contribution is 7.87. The molecule has 2 saturated heterocycles. The number of nitrogens with zero attached hydrogens (tertiary/aromatic N) is 5. The highest BCUT2D eigenvalue weighted by atomic mass is 35.5. The molecule has 2 aliphatic rings. The number of nitrogens with one attached hydrogen (secondary N) is 2. The van der Waals surface area contributed by atoms with E-state index in [4.69, 9.17) is 21.7 Å². The van der Waals surface area contributed by atoms with E-state index in [2.05, 4.69) is 43.3 Å². The third kappa shape index (κ3) is 7.78. The number of benzene rings is 1. The molecule has 5 rings (SSSR count). The molecule has 0 bridgehead atoms. The minimum absolute atomic E-state index is 0.00957. The maximum atomic E-state index is 13.3. The zero-order chi connectivity index (χ0) is 31.5. The van der Waals surface area contributed by atoms with Crippen molar-refractivity contribution < 1.29 is 13.2 Å². The monoisotopic (exact) mass is 638 g/mol. The second-order valence-corrected chi connectivity index (χ2v) is 13.6. The quantitative estimate of drug-likeness (QED) is 0.338. The minimum Gasteiger partial charge on any atom is -0.353 e. The first-order valence-electron chi connectivity index (χ1n) is 14.8. The number of rotatable bonds is 7. The number of piperidine rings is 1. The van der Waals surface area contributed by atoms with Crippen LogP contribution in [0.5, 0.6) is 0 Å². The number of nitrogens with two attached hydrogens (primary N) is 1. The van der Waals surface area contributed by atoms with Crippen molar-refractivity contribution in [2.24, 2.45) is 5.14 Å². The Hall–Kier alpha value is -3.47. The van der Waals surface area contributed by atoms with E-state index in [-0.39, 0.29) is 5.91 Å². The number of carbonyl (C=O) groups is 1. The first-order valence-corrected chi connectivity index (χ1v) is 16.7. The predicted molar refractivity (Wildman–Crippen MR) is 172 cm³/mol. The first kappa shape index (κ1) is 31.9. The number of piperazine rings is 1. The first-order chi connectivity index (χ1) is 20.9. The van der Waals surface area contributed by atoms with Gasteiger partial charge in [-0.15, -0.1) is 0 Å². The summed E-state index contributed by atoms with van der Waals surface area (Å²) in [7, 11) is -3.87. The van der Waals surface area contributed by atoms with Crippen LogP contribution in [0.3, 0.4) is 0 Å². The van der Waals surface area contributed by atoms with Crippen LogP contribution in [-0.4, -0.2) is 89.4 Å². The molecule has 4 N–H and O–H groups in total. The Bertz CT molecular complexity index is 1630. The molecule has 2 aliphatic heterocycles. The third-order valence-corrected chi connectivity index (χ3v) is 9.27. The van der Waals surface area contributed by atoms with Gasteiger partial charge >= 0.3 is 0 Å². The Morgan fingerprint density at radius 2 is 1.89 bits per heavy atom. The molecule has 4 heterocycles. The lowest BCUT2D eigenvalue weighted by Gasteiger charge is -2.47. The minimum atomic E-state index is -3.87. The van der Waals surface area contributed by atoms with Crippen molar-refractivity contribution in [2.45, 2.75) is 57.7 Å². The average Bonchev–Trinajstić information content (AvgIpc) is 3.54. The highest BCUT2D eigenvalue weighted by Gasteiger charge is 2.35. The molecule has 1 atom stereocenters. The largest absolute Gasteiger partial charge is 0.353 e. The predicted octanol–water partition coefficient (Wildman–Crippen LogP) is 3.25. The lowest BCUT2D eigenvalue weighted by Crippen LogP contribution is -2.58. The van der Waals surface area contributed by atoms with Gasteiger partial charge in [0.2, 0.25) is 0 Å². The summed E-state index contributed by atoms with van der Waals surface area (Å²) < 4.78 is 25.0. The molecule has 2 fully saturated rings. The van der Waals surface area contributed by atoms with Gasteiger partial charge in [-0.2, -0.15) is 13.1 Å². The molecular formula is C31H39ClN8O3S. The van der Waals surface area contributed by atoms with E-state index in [1.165, 1.54) is 0 Å². The van der Waals surface area contributed by atoms with Gasteiger partial charge in [-0.1, -0.05) is 30.4 Å². The van der Waals surface area contributed by atoms with E-state index in [1.54, 1.807) is 50.6 Å². The van der Waals surface area contributed by atoms with Crippen LogP contribution in [-0.2, 0) is 10.2 Å². The summed E-state index contributed by atoms with van der Waals surface area (Å²) in [6.07, 6.45) is 8.11. The van der Waals surface area contributed by atoms with Crippen molar-refractivity contribution in [1.29, 1.82) is 0 Å². The standard InChI is InChI=1S/C31H39ClN8O3S/c1-4-25-20-39(29-27(32)17-24(18-35-29)28-19-34-21-36-28)15-16-40(25)26-10-13-38(14-11-26)30(41)23-7-5-22(6-8-23)9-12-31(2,3)37-44(33,42)43/h5-8,17-19,21,25-26,37H,4,10-11,13-16,20H2,1-3H3,(H,34,36)(H2,33,42,43)/t25-/m0/s1. The molecule has 0 unspecified atom stereocenters. The van der Waals surface area contributed by atoms with Crippen LogP contribution in [0.4, 0.5) is 5.82 Å². The van der Waals surface area contributed by atoms with Crippen molar-refractivity contribution in [3.8, 4) is 23.1 Å². The topological polar surface area (TPSA) is 141 Å². The Kier molecular flexibility index (Phi) is 9.62. The molecule has 44 heavy (non-hydrogen) atoms. The summed E-state index contributed by atoms with van der Waals surface area (Å²) in [6, 6.07) is 9.82. The van der Waals surface area contributed by atoms with Crippen molar-refractivity contribution in [2.75, 3.05) is 37.6 Å². The summed E-state index contributed by atoms with van der Waals surface area (Å²) in [6.45, 7) is 9.51. The summed E-state index contributed by atoms with van der Waals surface area (Å²) in [5, 5.41) is 5.70. The highest BCUT2D eigenvalue weighted by Crippen LogP contribution is 2.31. The number of amides is 1. The number of H-pyrrole nitrogens is 1. The fourth-order valence-electron chi connectivity index (χ4n) is 6.02. The SMILES string of the molecule is CC[C@H]1CN(c2ncc(-c3cnc[nH]3)cc2Cl)CCN1C1CCN(C(=O)c2ccc(C#CC(C)(C)NS(N)(=O)=O)cc2)CC1. The second kappa shape index (κ2) is 13.3. The summed E-state index contributed by atoms with van der Waals surface area (Å²) >= 11 is 6.69. The second-order valence-electron chi connectivity index (χ2n) is 11.9. The Morgan fingerprint density at radius 1 is 1.16 bits per heavy atom. The summed E-state index contributed by atoms with van der Waals surface area (Å²) in [5.41, 5.74) is 2.06. The smallest absolute Gasteiger partial charge is 0.275 e. The lowest BCUT2D eigenvalue weighted by atomic mass is 9.97. The molecule has 0 spiro atoms. The van der Waals surface area contributed by atoms with Gasteiger partial charge < -0.3 is 14.8 Å². The number of hydrogen-bond acceptors (Lipinski definition) is 7. The molecular weight excluding hydrogens is 600 g/mol. The molecule has 3 aromatic rings. The maximum absolute atomic E-state index is 13.3. The van der Waals surface area contributed by atoms with Gasteiger partial charge in [0, 0.05) is 67.7 Å². The Morgan fingerprint density at radius 3 is 2.50 bits per heavy atom. The van der Waals surface area contributed by atoms with E-state index in [0.717, 1.165) is 56.0 Å². The third-order valence-electron chi connectivity index (χ3n) is 8.20. The molecule has 234 valence electrons. The average molecular weight is 639 g/mol. The van der Waals surface area contributed by atoms with Crippen LogP contribution in [0.25, 0.3) is 11.3 Å². The van der Waals surface area contributed by atoms with E-state index in [0.29, 0.717) is 41.3 Å². The van der Waals surface area contributed by atoms with E-state index >= 15 is 0 Å². The van der Waals surface area contributed by atoms with E-state index in [9.17, 15) is 13.2 Å². The van der Waals surface area contributed by atoms with Crippen LogP contribution in [0.2, 0.25) is 5.02 Å². The number of anilines is 1. The zero-order valence-corrected chi connectivity index (χ0v) is 26.8. The fraction of sp³-hybridized carbons (Fsp3) is 0.452. The molecule has 13 heteroatoms. The number of aromatic nitrogens is 3. The van der Waals surface area contributed by atoms with Gasteiger partial charge in [-0.05, 0) is 63.4 Å². The molecule has 1 aromatic carbocycles. The Labute approximate surface area is 264 Å². The molecule has 0 aliphatic carbocycles. The fourth-order valence-corrected chi connectivity index (χ4v) is 7.07. The molecule has 1 amide bonds. The van der Waals surface area contributed by atoms with Crippen LogP contribution in [0.15, 0.2) is 49.1 Å². The van der Waals surface area contributed by atoms with Crippen molar-refractivity contribution >= 4 is 33.5 Å². The van der Waals surface area contributed by atoms with Crippen LogP contribution in [0, 0.1) is 11.8 Å². The van der Waals surface area contributed by atoms with Crippen molar-refractivity contribution in [3.05, 3.63) is 65.2 Å². The van der Waals surface area contributed by atoms with E-state index in [1.807, 2.05) is 17.2 Å². The number of halogens is 1. The number of imidazole rings is 1. The number of hydrogen-bond donors (Lipinski definition) is 3. The summed E-state index contributed by atoms with van der Waals surface area (Å²) in [4.78, 5) is 32.0. The van der Waals surface area contributed by atoms with Gasteiger partial charge in [-0.25, -0.2) is 15.1 Å². The zero-order valence-electron chi connectivity index (χ0n) is 25.3. The van der Waals surface area contributed by atoms with E-state index < -0.39 is 15.7 Å². The van der Waals surface area contributed by atoms with Gasteiger partial charge in [0.15, 0.2) is 0 Å².